The van der Waals surface area contributed by atoms with E-state index in [1.165, 1.54) is 0 Å². The Balaban J connectivity index is 2.09. The predicted molar refractivity (Wildman–Crippen MR) is 98.4 cm³/mol. The molecule has 24 heavy (non-hydrogen) atoms. The molecule has 0 aliphatic rings. The Kier molecular flexibility index (Phi) is 5.08. The fraction of sp³-hybridized carbons (Fsp3) is 0.333. The van der Waals surface area contributed by atoms with Crippen LogP contribution in [0.4, 0.5) is 5.82 Å². The van der Waals surface area contributed by atoms with E-state index in [2.05, 4.69) is 28.2 Å². The molecule has 3 aromatic rings. The lowest BCUT2D eigenvalue weighted by Gasteiger charge is -2.30. The number of benzene rings is 1. The first-order chi connectivity index (χ1) is 11.6. The quantitative estimate of drug-likeness (QED) is 0.720. The van der Waals surface area contributed by atoms with Crippen molar-refractivity contribution in [1.82, 2.24) is 9.97 Å². The maximum Gasteiger partial charge on any atom is 0.141 e. The van der Waals surface area contributed by atoms with Crippen LogP contribution in [0.3, 0.4) is 0 Å². The van der Waals surface area contributed by atoms with Gasteiger partial charge in [-0.3, -0.25) is 0 Å². The van der Waals surface area contributed by atoms with E-state index in [1.54, 1.807) is 24.6 Å². The summed E-state index contributed by atoms with van der Waals surface area (Å²) in [6, 6.07) is 12.1. The van der Waals surface area contributed by atoms with Crippen LogP contribution in [0, 0.1) is 0 Å². The van der Waals surface area contributed by atoms with E-state index in [0.29, 0.717) is 6.54 Å². The zero-order valence-corrected chi connectivity index (χ0v) is 14.6. The molecule has 0 saturated heterocycles. The Morgan fingerprint density at radius 3 is 2.58 bits per heavy atom. The van der Waals surface area contributed by atoms with E-state index in [0.717, 1.165) is 26.5 Å². The molecule has 0 unspecified atom stereocenters. The molecule has 2 N–H and O–H groups in total. The van der Waals surface area contributed by atoms with Gasteiger partial charge in [-0.25, -0.2) is 9.97 Å². The van der Waals surface area contributed by atoms with E-state index < -0.39 is 6.10 Å². The van der Waals surface area contributed by atoms with Gasteiger partial charge in [0, 0.05) is 11.4 Å². The summed E-state index contributed by atoms with van der Waals surface area (Å²) in [5.41, 5.74) is 1.14. The fourth-order valence-corrected chi connectivity index (χ4v) is 3.67. The van der Waals surface area contributed by atoms with Crippen molar-refractivity contribution in [2.75, 3.05) is 18.1 Å². The molecule has 2 heterocycles. The molecule has 0 bridgehead atoms. The van der Waals surface area contributed by atoms with Crippen molar-refractivity contribution >= 4 is 27.4 Å². The van der Waals surface area contributed by atoms with Crippen LogP contribution in [0.2, 0.25) is 0 Å². The lowest BCUT2D eigenvalue weighted by atomic mass is 10.1. The average molecular weight is 343 g/mol. The van der Waals surface area contributed by atoms with Crippen molar-refractivity contribution in [3.05, 3.63) is 42.7 Å². The number of nitrogens with zero attached hydrogens (tertiary/aromatic N) is 3. The van der Waals surface area contributed by atoms with Crippen molar-refractivity contribution in [3.8, 4) is 10.4 Å². The van der Waals surface area contributed by atoms with Gasteiger partial charge in [0.25, 0.3) is 0 Å². The molecular formula is C18H21N3O2S. The Labute approximate surface area is 145 Å². The number of hydrogen-bond donors (Lipinski definition) is 2. The first-order valence-electron chi connectivity index (χ1n) is 7.95. The lowest BCUT2D eigenvalue weighted by molar-refractivity contribution is 0.189. The van der Waals surface area contributed by atoms with Gasteiger partial charge in [-0.05, 0) is 25.5 Å². The van der Waals surface area contributed by atoms with Crippen molar-refractivity contribution < 1.29 is 10.2 Å². The average Bonchev–Trinajstić information content (AvgIpc) is 3.04. The number of aliphatic hydroxyl groups excluding tert-OH is 2. The maximum absolute atomic E-state index is 9.82. The first kappa shape index (κ1) is 16.8. The van der Waals surface area contributed by atoms with E-state index in [1.807, 2.05) is 30.0 Å². The van der Waals surface area contributed by atoms with Crippen LogP contribution in [0.25, 0.3) is 20.7 Å². The molecule has 0 radical (unpaired) electrons. The molecule has 0 fully saturated rings. The summed E-state index contributed by atoms with van der Waals surface area (Å²) in [6.07, 6.45) is 1.03. The van der Waals surface area contributed by atoms with Crippen LogP contribution in [0.1, 0.15) is 13.8 Å². The molecule has 2 aromatic heterocycles. The Morgan fingerprint density at radius 1 is 1.17 bits per heavy atom. The van der Waals surface area contributed by atoms with Crippen LogP contribution in [-0.4, -0.2) is 45.5 Å². The van der Waals surface area contributed by atoms with Crippen molar-refractivity contribution in [2.45, 2.75) is 26.0 Å². The summed E-state index contributed by atoms with van der Waals surface area (Å²) in [7, 11) is 0. The Morgan fingerprint density at radius 2 is 1.92 bits per heavy atom. The highest BCUT2D eigenvalue weighted by Crippen LogP contribution is 2.36. The van der Waals surface area contributed by atoms with Crippen LogP contribution in [-0.2, 0) is 0 Å². The number of rotatable bonds is 6. The smallest absolute Gasteiger partial charge is 0.141 e. The predicted octanol–water partition coefficient (Wildman–Crippen LogP) is 2.93. The van der Waals surface area contributed by atoms with E-state index in [-0.39, 0.29) is 12.6 Å². The minimum atomic E-state index is -0.517. The molecule has 0 spiro atoms. The number of fused-ring (bicyclic) bond motifs is 1. The van der Waals surface area contributed by atoms with Gasteiger partial charge in [-0.1, -0.05) is 30.3 Å². The second-order valence-electron chi connectivity index (χ2n) is 5.93. The van der Waals surface area contributed by atoms with Gasteiger partial charge in [0.05, 0.1) is 24.1 Å². The second kappa shape index (κ2) is 7.25. The summed E-state index contributed by atoms with van der Waals surface area (Å²) < 4.78 is 0. The van der Waals surface area contributed by atoms with Crippen molar-refractivity contribution in [1.29, 1.82) is 0 Å². The van der Waals surface area contributed by atoms with Gasteiger partial charge in [0.1, 0.15) is 17.0 Å². The number of hydrogen-bond acceptors (Lipinski definition) is 6. The number of anilines is 1. The molecule has 5 nitrogen and oxygen atoms in total. The molecular weight excluding hydrogens is 322 g/mol. The zero-order chi connectivity index (χ0) is 17.1. The topological polar surface area (TPSA) is 69.5 Å². The third-order valence-electron chi connectivity index (χ3n) is 3.90. The van der Waals surface area contributed by atoms with Gasteiger partial charge in [0.15, 0.2) is 0 Å². The normalized spacial score (nSPS) is 13.8. The third-order valence-corrected chi connectivity index (χ3v) is 4.99. The van der Waals surface area contributed by atoms with Gasteiger partial charge in [-0.2, -0.15) is 0 Å². The van der Waals surface area contributed by atoms with Gasteiger partial charge in [0.2, 0.25) is 0 Å². The standard InChI is InChI=1S/C18H21N3O2S/c1-12(10-22)21(9-13(2)23)17-15-8-16(14-6-4-3-5-7-14)24-18(15)20-11-19-17/h3-8,11-13,22-23H,9-10H2,1-2H3/t12-,13+/m0/s1. The van der Waals surface area contributed by atoms with E-state index in [9.17, 15) is 10.2 Å². The highest BCUT2D eigenvalue weighted by molar-refractivity contribution is 7.21. The second-order valence-corrected chi connectivity index (χ2v) is 6.96. The highest BCUT2D eigenvalue weighted by Gasteiger charge is 2.21. The molecule has 0 amide bonds. The van der Waals surface area contributed by atoms with Crippen molar-refractivity contribution in [3.63, 3.8) is 0 Å². The summed E-state index contributed by atoms with van der Waals surface area (Å²) in [5.74, 6) is 0.751. The van der Waals surface area contributed by atoms with Crippen LogP contribution < -0.4 is 4.90 Å². The Hall–Kier alpha value is -2.02. The molecule has 6 heteroatoms. The molecule has 3 rings (SSSR count). The van der Waals surface area contributed by atoms with Gasteiger partial charge in [-0.15, -0.1) is 11.3 Å². The molecule has 0 aliphatic heterocycles. The minimum absolute atomic E-state index is 0.00606. The fourth-order valence-electron chi connectivity index (χ4n) is 2.67. The summed E-state index contributed by atoms with van der Waals surface area (Å²) in [4.78, 5) is 12.8. The largest absolute Gasteiger partial charge is 0.394 e. The van der Waals surface area contributed by atoms with Crippen LogP contribution in [0.5, 0.6) is 0 Å². The Bertz CT molecular complexity index is 804. The molecule has 126 valence electrons. The number of aromatic nitrogens is 2. The van der Waals surface area contributed by atoms with Gasteiger partial charge < -0.3 is 15.1 Å². The SMILES string of the molecule is C[C@@H](O)CN(c1ncnc2sc(-c3ccccc3)cc12)[C@@H](C)CO. The summed E-state index contributed by atoms with van der Waals surface area (Å²) >= 11 is 1.62. The lowest BCUT2D eigenvalue weighted by Crippen LogP contribution is -2.41. The van der Waals surface area contributed by atoms with Gasteiger partial charge >= 0.3 is 0 Å². The van der Waals surface area contributed by atoms with E-state index >= 15 is 0 Å². The monoisotopic (exact) mass is 343 g/mol. The van der Waals surface area contributed by atoms with E-state index in [4.69, 9.17) is 0 Å². The third kappa shape index (κ3) is 3.40. The summed E-state index contributed by atoms with van der Waals surface area (Å²) in [6.45, 7) is 4.05. The minimum Gasteiger partial charge on any atom is -0.394 e. The number of thiophene rings is 1. The highest BCUT2D eigenvalue weighted by atomic mass is 32.1. The number of aliphatic hydroxyl groups is 2. The molecule has 1 aromatic carbocycles. The maximum atomic E-state index is 9.82. The molecule has 0 saturated carbocycles. The summed E-state index contributed by atoms with van der Waals surface area (Å²) in [5, 5.41) is 20.3. The van der Waals surface area contributed by atoms with Crippen molar-refractivity contribution in [2.24, 2.45) is 0 Å². The van der Waals surface area contributed by atoms with Crippen LogP contribution in [0.15, 0.2) is 42.7 Å². The first-order valence-corrected chi connectivity index (χ1v) is 8.77. The molecule has 0 aliphatic carbocycles. The molecule has 2 atom stereocenters. The van der Waals surface area contributed by atoms with Crippen LogP contribution >= 0.6 is 11.3 Å². The zero-order valence-electron chi connectivity index (χ0n) is 13.8.